The van der Waals surface area contributed by atoms with Crippen LogP contribution >= 0.6 is 0 Å². The number of rotatable bonds is 8. The van der Waals surface area contributed by atoms with Gasteiger partial charge in [-0.25, -0.2) is 9.97 Å². The Kier molecular flexibility index (Phi) is 7.17. The number of ether oxygens (including phenoxy) is 1. The van der Waals surface area contributed by atoms with E-state index in [9.17, 15) is 18.0 Å². The summed E-state index contributed by atoms with van der Waals surface area (Å²) in [5.74, 6) is -0.126. The van der Waals surface area contributed by atoms with Gasteiger partial charge in [0.15, 0.2) is 12.4 Å². The largest absolute Gasteiger partial charge is 0.466 e. The number of amides is 1. The number of alkyl halides is 3. The van der Waals surface area contributed by atoms with E-state index in [2.05, 4.69) is 56.0 Å². The molecule has 11 nitrogen and oxygen atoms in total. The SMILES string of the molecule is C=CC(=O)Nc1cc(Nc2ncnc(N3CC(C)(C)c4ncccc43)n2)c(OCC(F)(F)F)nc1N1CCCC1. The van der Waals surface area contributed by atoms with Crippen molar-refractivity contribution in [3.8, 4) is 5.88 Å². The fraction of sp³-hybridized carbons (Fsp3) is 0.385. The standard InChI is InChI=1S/C26H28F3N9O2/c1-4-19(39)33-16-12-17(22(40-14-26(27,28)29)35-21(16)37-10-5-6-11-37)34-23-31-15-32-24(36-23)38-13-25(2,3)20-18(38)8-7-9-30-20/h4,7-9,12,15H,1,5-6,10-11,13-14H2,2-3H3,(H,33,39)(H,31,32,34,36). The Bertz CT molecular complexity index is 1420. The van der Waals surface area contributed by atoms with Gasteiger partial charge in [0.2, 0.25) is 23.7 Å². The molecule has 0 unspecified atom stereocenters. The number of pyridine rings is 2. The van der Waals surface area contributed by atoms with Gasteiger partial charge >= 0.3 is 6.18 Å². The summed E-state index contributed by atoms with van der Waals surface area (Å²) in [6.07, 6.45) is 1.30. The van der Waals surface area contributed by atoms with Crippen LogP contribution in [-0.2, 0) is 10.2 Å². The predicted octanol–water partition coefficient (Wildman–Crippen LogP) is 4.50. The van der Waals surface area contributed by atoms with E-state index in [1.54, 1.807) is 6.20 Å². The van der Waals surface area contributed by atoms with Crippen molar-refractivity contribution in [3.63, 3.8) is 0 Å². The number of nitrogens with zero attached hydrogens (tertiary/aromatic N) is 7. The Morgan fingerprint density at radius 1 is 1.18 bits per heavy atom. The molecule has 40 heavy (non-hydrogen) atoms. The molecule has 1 fully saturated rings. The van der Waals surface area contributed by atoms with Crippen molar-refractivity contribution < 1.29 is 22.7 Å². The highest BCUT2D eigenvalue weighted by atomic mass is 19.4. The molecule has 3 aromatic rings. The van der Waals surface area contributed by atoms with Crippen LogP contribution in [0.1, 0.15) is 32.4 Å². The van der Waals surface area contributed by atoms with Crippen molar-refractivity contribution in [1.29, 1.82) is 0 Å². The highest BCUT2D eigenvalue weighted by Gasteiger charge is 2.38. The maximum absolute atomic E-state index is 13.1. The summed E-state index contributed by atoms with van der Waals surface area (Å²) in [5, 5.41) is 5.60. The fourth-order valence-corrected chi connectivity index (χ4v) is 4.75. The van der Waals surface area contributed by atoms with E-state index in [1.165, 1.54) is 12.4 Å². The zero-order chi connectivity index (χ0) is 28.5. The van der Waals surface area contributed by atoms with E-state index in [0.29, 0.717) is 31.4 Å². The van der Waals surface area contributed by atoms with E-state index in [1.807, 2.05) is 21.9 Å². The zero-order valence-electron chi connectivity index (χ0n) is 22.0. The predicted molar refractivity (Wildman–Crippen MR) is 143 cm³/mol. The summed E-state index contributed by atoms with van der Waals surface area (Å²) in [7, 11) is 0. The summed E-state index contributed by atoms with van der Waals surface area (Å²) >= 11 is 0. The summed E-state index contributed by atoms with van der Waals surface area (Å²) in [6.45, 7) is 7.88. The second-order valence-electron chi connectivity index (χ2n) is 10.1. The van der Waals surface area contributed by atoms with Gasteiger partial charge in [-0.15, -0.1) is 0 Å². The number of nitrogens with one attached hydrogen (secondary N) is 2. The van der Waals surface area contributed by atoms with E-state index in [0.717, 1.165) is 30.3 Å². The van der Waals surface area contributed by atoms with Gasteiger partial charge in [0.1, 0.15) is 12.0 Å². The Morgan fingerprint density at radius 2 is 1.95 bits per heavy atom. The number of fused-ring (bicyclic) bond motifs is 1. The second-order valence-corrected chi connectivity index (χ2v) is 10.1. The van der Waals surface area contributed by atoms with Crippen molar-refractivity contribution in [1.82, 2.24) is 24.9 Å². The monoisotopic (exact) mass is 555 g/mol. The van der Waals surface area contributed by atoms with Crippen LogP contribution in [0.3, 0.4) is 0 Å². The number of carbonyl (C=O) groups excluding carboxylic acids is 1. The molecule has 0 aromatic carbocycles. The molecule has 2 N–H and O–H groups in total. The summed E-state index contributed by atoms with van der Waals surface area (Å²) in [4.78, 5) is 37.9. The van der Waals surface area contributed by atoms with Crippen molar-refractivity contribution >= 4 is 40.7 Å². The third-order valence-corrected chi connectivity index (χ3v) is 6.51. The number of halogens is 3. The van der Waals surface area contributed by atoms with Gasteiger partial charge in [0, 0.05) is 31.2 Å². The Hall–Kier alpha value is -4.49. The first-order valence-electron chi connectivity index (χ1n) is 12.7. The van der Waals surface area contributed by atoms with E-state index < -0.39 is 18.7 Å². The fourth-order valence-electron chi connectivity index (χ4n) is 4.75. The molecule has 210 valence electrons. The number of aromatic nitrogens is 5. The minimum atomic E-state index is -4.59. The van der Waals surface area contributed by atoms with E-state index in [4.69, 9.17) is 4.74 Å². The lowest BCUT2D eigenvalue weighted by molar-refractivity contribution is -0.153. The average Bonchev–Trinajstić information content (AvgIpc) is 3.54. The Labute approximate surface area is 228 Å². The van der Waals surface area contributed by atoms with Gasteiger partial charge in [0.05, 0.1) is 17.1 Å². The third-order valence-electron chi connectivity index (χ3n) is 6.51. The number of anilines is 6. The molecule has 0 aliphatic carbocycles. The molecule has 0 atom stereocenters. The normalized spacial score (nSPS) is 16.0. The lowest BCUT2D eigenvalue weighted by atomic mass is 9.91. The number of hydrogen-bond acceptors (Lipinski definition) is 10. The van der Waals surface area contributed by atoms with Crippen LogP contribution in [0, 0.1) is 0 Å². The van der Waals surface area contributed by atoms with Crippen LogP contribution in [0.15, 0.2) is 43.4 Å². The van der Waals surface area contributed by atoms with Gasteiger partial charge in [-0.1, -0.05) is 20.4 Å². The van der Waals surface area contributed by atoms with Crippen molar-refractivity contribution in [3.05, 3.63) is 49.1 Å². The maximum Gasteiger partial charge on any atom is 0.422 e. The van der Waals surface area contributed by atoms with Gasteiger partial charge in [-0.2, -0.15) is 23.1 Å². The van der Waals surface area contributed by atoms with Gasteiger partial charge in [0.25, 0.3) is 0 Å². The van der Waals surface area contributed by atoms with Crippen molar-refractivity contribution in [2.45, 2.75) is 38.3 Å². The number of carbonyl (C=O) groups is 1. The average molecular weight is 556 g/mol. The maximum atomic E-state index is 13.1. The molecule has 3 aromatic heterocycles. The summed E-state index contributed by atoms with van der Waals surface area (Å²) in [5.41, 5.74) is 1.81. The smallest absolute Gasteiger partial charge is 0.422 e. The molecule has 1 amide bonds. The van der Waals surface area contributed by atoms with Gasteiger partial charge < -0.3 is 25.2 Å². The molecule has 0 bridgehead atoms. The van der Waals surface area contributed by atoms with Gasteiger partial charge in [-0.05, 0) is 37.1 Å². The van der Waals surface area contributed by atoms with Gasteiger partial charge in [-0.3, -0.25) is 9.78 Å². The van der Waals surface area contributed by atoms with E-state index >= 15 is 0 Å². The first kappa shape index (κ1) is 27.1. The molecule has 2 aliphatic heterocycles. The molecule has 0 saturated carbocycles. The molecule has 14 heteroatoms. The van der Waals surface area contributed by atoms with Crippen LogP contribution in [0.4, 0.5) is 47.9 Å². The van der Waals surface area contributed by atoms with Crippen molar-refractivity contribution in [2.24, 2.45) is 0 Å². The molecule has 0 spiro atoms. The molecular weight excluding hydrogens is 527 g/mol. The zero-order valence-corrected chi connectivity index (χ0v) is 22.0. The molecule has 2 aliphatic rings. The molecule has 5 rings (SSSR count). The second kappa shape index (κ2) is 10.6. The Morgan fingerprint density at radius 3 is 2.67 bits per heavy atom. The van der Waals surface area contributed by atoms with Crippen LogP contribution in [0.25, 0.3) is 0 Å². The molecule has 0 radical (unpaired) electrons. The minimum absolute atomic E-state index is 0.0347. The quantitative estimate of drug-likeness (QED) is 0.384. The molecule has 1 saturated heterocycles. The van der Waals surface area contributed by atoms with Crippen LogP contribution < -0.4 is 25.2 Å². The highest BCUT2D eigenvalue weighted by molar-refractivity contribution is 6.01. The topological polar surface area (TPSA) is 121 Å². The van der Waals surface area contributed by atoms with Crippen LogP contribution in [-0.4, -0.2) is 63.2 Å². The highest BCUT2D eigenvalue weighted by Crippen LogP contribution is 2.42. The van der Waals surface area contributed by atoms with Crippen LogP contribution in [0.5, 0.6) is 5.88 Å². The molecule has 5 heterocycles. The third kappa shape index (κ3) is 5.75. The van der Waals surface area contributed by atoms with E-state index in [-0.39, 0.29) is 28.6 Å². The molecular formula is C26H28F3N9O2. The minimum Gasteiger partial charge on any atom is -0.466 e. The summed E-state index contributed by atoms with van der Waals surface area (Å²) < 4.78 is 44.5. The Balaban J connectivity index is 1.52. The first-order chi connectivity index (χ1) is 19.0. The van der Waals surface area contributed by atoms with Crippen molar-refractivity contribution in [2.75, 3.05) is 46.7 Å². The first-order valence-corrected chi connectivity index (χ1v) is 12.7. The summed E-state index contributed by atoms with van der Waals surface area (Å²) in [6, 6.07) is 5.20. The lowest BCUT2D eigenvalue weighted by Crippen LogP contribution is -2.26. The van der Waals surface area contributed by atoms with Crippen LogP contribution in [0.2, 0.25) is 0 Å². The number of hydrogen-bond donors (Lipinski definition) is 2. The lowest BCUT2D eigenvalue weighted by Gasteiger charge is -2.23.